The van der Waals surface area contributed by atoms with Gasteiger partial charge in [0, 0.05) is 44.0 Å². The van der Waals surface area contributed by atoms with E-state index in [1.54, 1.807) is 0 Å². The van der Waals surface area contributed by atoms with E-state index < -0.39 is 0 Å². The van der Waals surface area contributed by atoms with Crippen molar-refractivity contribution < 1.29 is 0 Å². The number of rotatable bonds is 1. The zero-order valence-corrected chi connectivity index (χ0v) is 11.6. The van der Waals surface area contributed by atoms with Gasteiger partial charge in [-0.05, 0) is 37.5 Å². The first-order valence-corrected chi connectivity index (χ1v) is 6.87. The van der Waals surface area contributed by atoms with Gasteiger partial charge < -0.3 is 15.5 Å². The molecule has 0 spiro atoms. The minimum absolute atomic E-state index is 0.179. The number of anilines is 1. The van der Waals surface area contributed by atoms with E-state index in [1.807, 2.05) is 0 Å². The Morgan fingerprint density at radius 2 is 2.17 bits per heavy atom. The van der Waals surface area contributed by atoms with Gasteiger partial charge in [0.1, 0.15) is 0 Å². The van der Waals surface area contributed by atoms with E-state index in [9.17, 15) is 0 Å². The third kappa shape index (κ3) is 2.13. The zero-order valence-electron chi connectivity index (χ0n) is 11.6. The number of benzene rings is 1. The van der Waals surface area contributed by atoms with E-state index in [1.165, 1.54) is 23.2 Å². The molecule has 3 rings (SSSR count). The summed E-state index contributed by atoms with van der Waals surface area (Å²) in [4.78, 5) is 2.34. The third-order valence-electron chi connectivity index (χ3n) is 4.11. The number of likely N-dealkylation sites (N-methyl/N-ethyl adjacent to an activating group) is 1. The highest BCUT2D eigenvalue weighted by Gasteiger charge is 2.28. The minimum Gasteiger partial charge on any atom is -0.374 e. The first-order chi connectivity index (χ1) is 8.55. The number of hydrogen-bond donors (Lipinski definition) is 2. The topological polar surface area (TPSA) is 27.3 Å². The molecule has 1 fully saturated rings. The van der Waals surface area contributed by atoms with Crippen LogP contribution in [0.5, 0.6) is 0 Å². The summed E-state index contributed by atoms with van der Waals surface area (Å²) in [6.07, 6.45) is 1.18. The average molecular weight is 245 g/mol. The first-order valence-electron chi connectivity index (χ1n) is 6.87. The predicted molar refractivity (Wildman–Crippen MR) is 76.2 cm³/mol. The molecule has 3 heteroatoms. The monoisotopic (exact) mass is 245 g/mol. The Labute approximate surface area is 110 Å². The van der Waals surface area contributed by atoms with Gasteiger partial charge in [-0.1, -0.05) is 12.1 Å². The SMILES string of the molecule is CN1CCc2cc(C3CNCC(C)(C)N3)ccc21. The van der Waals surface area contributed by atoms with Crippen LogP contribution in [-0.4, -0.2) is 32.2 Å². The highest BCUT2D eigenvalue weighted by molar-refractivity contribution is 5.58. The van der Waals surface area contributed by atoms with E-state index in [-0.39, 0.29) is 5.54 Å². The van der Waals surface area contributed by atoms with Gasteiger partial charge in [-0.3, -0.25) is 0 Å². The molecule has 2 N–H and O–H groups in total. The second-order valence-corrected chi connectivity index (χ2v) is 6.27. The van der Waals surface area contributed by atoms with E-state index in [2.05, 4.69) is 54.6 Å². The van der Waals surface area contributed by atoms with Crippen molar-refractivity contribution in [1.29, 1.82) is 0 Å². The largest absolute Gasteiger partial charge is 0.374 e. The number of hydrogen-bond acceptors (Lipinski definition) is 3. The Morgan fingerprint density at radius 3 is 2.94 bits per heavy atom. The van der Waals surface area contributed by atoms with Crippen LogP contribution < -0.4 is 15.5 Å². The van der Waals surface area contributed by atoms with Crippen LogP contribution in [0, 0.1) is 0 Å². The highest BCUT2D eigenvalue weighted by atomic mass is 15.1. The lowest BCUT2D eigenvalue weighted by Crippen LogP contribution is -2.56. The summed E-state index contributed by atoms with van der Waals surface area (Å²) in [5.41, 5.74) is 4.50. The van der Waals surface area contributed by atoms with Gasteiger partial charge in [0.2, 0.25) is 0 Å². The molecule has 0 aliphatic carbocycles. The molecule has 1 saturated heterocycles. The van der Waals surface area contributed by atoms with Gasteiger partial charge in [0.15, 0.2) is 0 Å². The third-order valence-corrected chi connectivity index (χ3v) is 4.11. The molecule has 0 amide bonds. The molecule has 18 heavy (non-hydrogen) atoms. The standard InChI is InChI=1S/C15H23N3/c1-15(2)10-16-9-13(17-15)11-4-5-14-12(8-11)6-7-18(14)3/h4-5,8,13,16-17H,6-7,9-10H2,1-3H3. The molecule has 0 bridgehead atoms. The minimum atomic E-state index is 0.179. The van der Waals surface area contributed by atoms with Gasteiger partial charge in [-0.15, -0.1) is 0 Å². The van der Waals surface area contributed by atoms with E-state index in [0.717, 1.165) is 19.6 Å². The highest BCUT2D eigenvalue weighted by Crippen LogP contribution is 2.30. The summed E-state index contributed by atoms with van der Waals surface area (Å²) in [7, 11) is 2.18. The Morgan fingerprint density at radius 1 is 1.33 bits per heavy atom. The molecule has 1 atom stereocenters. The van der Waals surface area contributed by atoms with Crippen molar-refractivity contribution in [2.24, 2.45) is 0 Å². The maximum absolute atomic E-state index is 3.74. The van der Waals surface area contributed by atoms with Crippen molar-refractivity contribution in [1.82, 2.24) is 10.6 Å². The fraction of sp³-hybridized carbons (Fsp3) is 0.600. The Kier molecular flexibility index (Phi) is 2.83. The second kappa shape index (κ2) is 4.25. The molecule has 1 aromatic rings. The van der Waals surface area contributed by atoms with Crippen molar-refractivity contribution in [3.8, 4) is 0 Å². The maximum atomic E-state index is 3.74. The van der Waals surface area contributed by atoms with Crippen molar-refractivity contribution in [3.63, 3.8) is 0 Å². The fourth-order valence-corrected chi connectivity index (χ4v) is 3.11. The van der Waals surface area contributed by atoms with Crippen molar-refractivity contribution in [2.75, 3.05) is 31.6 Å². The average Bonchev–Trinajstić information content (AvgIpc) is 2.69. The molecule has 1 aromatic carbocycles. The van der Waals surface area contributed by atoms with Crippen molar-refractivity contribution in [2.45, 2.75) is 31.8 Å². The summed E-state index contributed by atoms with van der Waals surface area (Å²) < 4.78 is 0. The number of fused-ring (bicyclic) bond motifs is 1. The molecular formula is C15H23N3. The predicted octanol–water partition coefficient (Wildman–Crippen LogP) is 1.69. The molecule has 98 valence electrons. The maximum Gasteiger partial charge on any atom is 0.0451 e. The van der Waals surface area contributed by atoms with Crippen LogP contribution in [0.2, 0.25) is 0 Å². The number of nitrogens with one attached hydrogen (secondary N) is 2. The molecule has 1 unspecified atom stereocenters. The van der Waals surface area contributed by atoms with Crippen LogP contribution in [-0.2, 0) is 6.42 Å². The van der Waals surface area contributed by atoms with Crippen molar-refractivity contribution in [3.05, 3.63) is 29.3 Å². The summed E-state index contributed by atoms with van der Waals surface area (Å²) >= 11 is 0. The van der Waals surface area contributed by atoms with Gasteiger partial charge >= 0.3 is 0 Å². The normalized spacial score (nSPS) is 26.2. The Bertz CT molecular complexity index is 453. The summed E-state index contributed by atoms with van der Waals surface area (Å²) in [6.45, 7) is 7.73. The quantitative estimate of drug-likeness (QED) is 0.788. The van der Waals surface area contributed by atoms with E-state index >= 15 is 0 Å². The lowest BCUT2D eigenvalue weighted by molar-refractivity contribution is 0.264. The van der Waals surface area contributed by atoms with Crippen LogP contribution in [0.3, 0.4) is 0 Å². The number of piperazine rings is 1. The Hall–Kier alpha value is -1.06. The second-order valence-electron chi connectivity index (χ2n) is 6.27. The summed E-state index contributed by atoms with van der Waals surface area (Å²) in [6, 6.07) is 7.38. The molecule has 2 aliphatic rings. The van der Waals surface area contributed by atoms with Crippen LogP contribution in [0.25, 0.3) is 0 Å². The first kappa shape index (κ1) is 12.0. The molecule has 0 saturated carbocycles. The fourth-order valence-electron chi connectivity index (χ4n) is 3.11. The van der Waals surface area contributed by atoms with E-state index in [0.29, 0.717) is 6.04 Å². The molecule has 0 aromatic heterocycles. The van der Waals surface area contributed by atoms with Crippen LogP contribution in [0.4, 0.5) is 5.69 Å². The van der Waals surface area contributed by atoms with Gasteiger partial charge in [-0.2, -0.15) is 0 Å². The summed E-state index contributed by atoms with van der Waals surface area (Å²) in [5, 5.41) is 7.26. The molecule has 2 heterocycles. The smallest absolute Gasteiger partial charge is 0.0451 e. The van der Waals surface area contributed by atoms with E-state index in [4.69, 9.17) is 0 Å². The summed E-state index contributed by atoms with van der Waals surface area (Å²) in [5.74, 6) is 0. The van der Waals surface area contributed by atoms with Gasteiger partial charge in [-0.25, -0.2) is 0 Å². The molecule has 3 nitrogen and oxygen atoms in total. The lowest BCUT2D eigenvalue weighted by atomic mass is 9.95. The lowest BCUT2D eigenvalue weighted by Gasteiger charge is -2.38. The van der Waals surface area contributed by atoms with Crippen LogP contribution >= 0.6 is 0 Å². The van der Waals surface area contributed by atoms with Gasteiger partial charge in [0.25, 0.3) is 0 Å². The zero-order chi connectivity index (χ0) is 12.8. The number of nitrogens with zero attached hydrogens (tertiary/aromatic N) is 1. The van der Waals surface area contributed by atoms with Crippen LogP contribution in [0.1, 0.15) is 31.0 Å². The van der Waals surface area contributed by atoms with Crippen molar-refractivity contribution >= 4 is 5.69 Å². The van der Waals surface area contributed by atoms with Crippen LogP contribution in [0.15, 0.2) is 18.2 Å². The Balaban J connectivity index is 1.85. The van der Waals surface area contributed by atoms with Gasteiger partial charge in [0.05, 0.1) is 0 Å². The molecule has 2 aliphatic heterocycles. The molecule has 0 radical (unpaired) electrons. The molecular weight excluding hydrogens is 222 g/mol.